The van der Waals surface area contributed by atoms with Gasteiger partial charge in [0, 0.05) is 57.6 Å². The fourth-order valence-corrected chi connectivity index (χ4v) is 3.61. The molecule has 0 bridgehead atoms. The highest BCUT2D eigenvalue weighted by Crippen LogP contribution is 2.15. The third-order valence-electron chi connectivity index (χ3n) is 5.57. The Morgan fingerprint density at radius 3 is 2.40 bits per heavy atom. The zero-order valence-corrected chi connectivity index (χ0v) is 18.1. The van der Waals surface area contributed by atoms with Crippen LogP contribution >= 0.6 is 0 Å². The Labute approximate surface area is 177 Å². The fraction of sp³-hybridized carbons (Fsp3) is 0.500. The molecule has 8 heteroatoms. The van der Waals surface area contributed by atoms with Gasteiger partial charge in [0.05, 0.1) is 12.1 Å². The van der Waals surface area contributed by atoms with Gasteiger partial charge in [-0.15, -0.1) is 0 Å². The smallest absolute Gasteiger partial charge is 0.317 e. The Bertz CT molecular complexity index is 824. The quantitative estimate of drug-likeness (QED) is 0.704. The minimum Gasteiger partial charge on any atom is -0.375 e. The van der Waals surface area contributed by atoms with Crippen LogP contribution in [0.4, 0.5) is 10.5 Å². The third kappa shape index (κ3) is 5.52. The molecule has 0 unspecified atom stereocenters. The van der Waals surface area contributed by atoms with Crippen LogP contribution in [-0.4, -0.2) is 73.2 Å². The Morgan fingerprint density at radius 2 is 1.77 bits per heavy atom. The molecule has 162 valence electrons. The molecule has 1 fully saturated rings. The first-order chi connectivity index (χ1) is 14.5. The lowest BCUT2D eigenvalue weighted by molar-refractivity contribution is -0.131. The summed E-state index contributed by atoms with van der Waals surface area (Å²) in [6, 6.07) is 10.1. The summed E-state index contributed by atoms with van der Waals surface area (Å²) < 4.78 is 5.13. The van der Waals surface area contributed by atoms with Crippen LogP contribution in [-0.2, 0) is 11.2 Å². The van der Waals surface area contributed by atoms with Crippen LogP contribution in [0.5, 0.6) is 0 Å². The summed E-state index contributed by atoms with van der Waals surface area (Å²) in [5, 5.41) is 6.89. The molecular weight excluding hydrogens is 382 g/mol. The first-order valence-electron chi connectivity index (χ1n) is 10.4. The van der Waals surface area contributed by atoms with Gasteiger partial charge in [0.25, 0.3) is 0 Å². The van der Waals surface area contributed by atoms with Gasteiger partial charge in [-0.1, -0.05) is 23.4 Å². The molecule has 0 saturated carbocycles. The number of piperazine rings is 1. The summed E-state index contributed by atoms with van der Waals surface area (Å²) >= 11 is 0. The highest BCUT2D eigenvalue weighted by atomic mass is 16.5. The molecule has 0 radical (unpaired) electrons. The normalized spacial score (nSPS) is 14.0. The van der Waals surface area contributed by atoms with E-state index < -0.39 is 0 Å². The Balaban J connectivity index is 1.35. The summed E-state index contributed by atoms with van der Waals surface area (Å²) in [4.78, 5) is 30.7. The zero-order valence-electron chi connectivity index (χ0n) is 18.1. The van der Waals surface area contributed by atoms with Crippen molar-refractivity contribution in [3.05, 3.63) is 47.3 Å². The molecule has 8 nitrogen and oxygen atoms in total. The van der Waals surface area contributed by atoms with E-state index in [0.29, 0.717) is 44.9 Å². The average molecular weight is 414 g/mol. The molecule has 3 amide bonds. The molecule has 1 aliphatic rings. The first kappa shape index (κ1) is 21.7. The number of amides is 3. The molecule has 1 aromatic carbocycles. The van der Waals surface area contributed by atoms with Gasteiger partial charge in [-0.2, -0.15) is 0 Å². The van der Waals surface area contributed by atoms with Gasteiger partial charge in [0.2, 0.25) is 5.91 Å². The Kier molecular flexibility index (Phi) is 7.32. The average Bonchev–Trinajstić information content (AvgIpc) is 3.09. The number of nitrogens with zero attached hydrogens (tertiary/aromatic N) is 4. The number of carbonyl (C=O) groups excluding carboxylic acids is 2. The Hall–Kier alpha value is -3.03. The number of para-hydroxylation sites is 1. The maximum absolute atomic E-state index is 12.6. The fourth-order valence-electron chi connectivity index (χ4n) is 3.61. The highest BCUT2D eigenvalue weighted by molar-refractivity contribution is 5.80. The van der Waals surface area contributed by atoms with E-state index in [1.54, 1.807) is 4.90 Å². The van der Waals surface area contributed by atoms with Gasteiger partial charge in [-0.05, 0) is 32.4 Å². The summed E-state index contributed by atoms with van der Waals surface area (Å²) in [6.45, 7) is 7.35. The van der Waals surface area contributed by atoms with Crippen molar-refractivity contribution in [1.82, 2.24) is 20.3 Å². The van der Waals surface area contributed by atoms with Crippen LogP contribution in [0.3, 0.4) is 0 Å². The van der Waals surface area contributed by atoms with Gasteiger partial charge in [0.15, 0.2) is 0 Å². The number of aromatic nitrogens is 1. The van der Waals surface area contributed by atoms with Crippen molar-refractivity contribution < 1.29 is 14.1 Å². The number of benzene rings is 1. The molecule has 0 spiro atoms. The summed E-state index contributed by atoms with van der Waals surface area (Å²) in [5.74, 6) is 0.741. The molecule has 1 N–H and O–H groups in total. The van der Waals surface area contributed by atoms with Crippen LogP contribution in [0.15, 0.2) is 34.9 Å². The molecule has 1 aliphatic heterocycles. The molecule has 1 aromatic heterocycles. The van der Waals surface area contributed by atoms with Crippen LogP contribution in [0.2, 0.25) is 0 Å². The van der Waals surface area contributed by atoms with E-state index in [4.69, 9.17) is 4.52 Å². The molecule has 30 heavy (non-hydrogen) atoms. The number of urea groups is 1. The molecular formula is C22H31N5O3. The van der Waals surface area contributed by atoms with E-state index in [-0.39, 0.29) is 11.9 Å². The number of rotatable bonds is 7. The van der Waals surface area contributed by atoms with E-state index in [9.17, 15) is 9.59 Å². The van der Waals surface area contributed by atoms with Gasteiger partial charge >= 0.3 is 6.03 Å². The highest BCUT2D eigenvalue weighted by Gasteiger charge is 2.25. The van der Waals surface area contributed by atoms with Gasteiger partial charge in [-0.3, -0.25) is 4.79 Å². The monoisotopic (exact) mass is 413 g/mol. The van der Waals surface area contributed by atoms with E-state index >= 15 is 0 Å². The predicted molar refractivity (Wildman–Crippen MR) is 116 cm³/mol. The summed E-state index contributed by atoms with van der Waals surface area (Å²) in [7, 11) is 2.05. The molecule has 1 saturated heterocycles. The zero-order chi connectivity index (χ0) is 21.5. The Morgan fingerprint density at radius 1 is 1.10 bits per heavy atom. The van der Waals surface area contributed by atoms with E-state index in [1.807, 2.05) is 36.9 Å². The molecule has 2 aromatic rings. The SMILES string of the molecule is Cc1noc(C)c1CC(=O)N1CCN(C(=O)NCCCN(C)c2ccccc2)CC1. The standard InChI is InChI=1S/C22H31N5O3/c1-17-20(18(2)30-24-17)16-21(28)26-12-14-27(15-13-26)22(29)23-10-7-11-25(3)19-8-5-4-6-9-19/h4-6,8-9H,7,10-16H2,1-3H3,(H,23,29). The predicted octanol–water partition coefficient (Wildman–Crippen LogP) is 2.21. The number of hydrogen-bond acceptors (Lipinski definition) is 5. The first-order valence-corrected chi connectivity index (χ1v) is 10.4. The number of nitrogens with one attached hydrogen (secondary N) is 1. The molecule has 3 rings (SSSR count). The van der Waals surface area contributed by atoms with Crippen LogP contribution in [0.25, 0.3) is 0 Å². The van der Waals surface area contributed by atoms with Crippen molar-refractivity contribution in [1.29, 1.82) is 0 Å². The molecule has 0 atom stereocenters. The van der Waals surface area contributed by atoms with Crippen molar-refractivity contribution in [2.75, 3.05) is 51.2 Å². The van der Waals surface area contributed by atoms with Crippen molar-refractivity contribution in [2.24, 2.45) is 0 Å². The molecule has 2 heterocycles. The maximum atomic E-state index is 12.6. The topological polar surface area (TPSA) is 81.9 Å². The number of hydrogen-bond donors (Lipinski definition) is 1. The second-order valence-electron chi connectivity index (χ2n) is 7.69. The lowest BCUT2D eigenvalue weighted by Crippen LogP contribution is -2.53. The van der Waals surface area contributed by atoms with Gasteiger partial charge in [0.1, 0.15) is 5.76 Å². The third-order valence-corrected chi connectivity index (χ3v) is 5.57. The lowest BCUT2D eigenvalue weighted by Gasteiger charge is -2.34. The van der Waals surface area contributed by atoms with Crippen molar-refractivity contribution in [3.63, 3.8) is 0 Å². The lowest BCUT2D eigenvalue weighted by atomic mass is 10.1. The van der Waals surface area contributed by atoms with Crippen molar-refractivity contribution in [2.45, 2.75) is 26.7 Å². The number of aryl methyl sites for hydroxylation is 2. The van der Waals surface area contributed by atoms with Crippen LogP contribution in [0.1, 0.15) is 23.4 Å². The maximum Gasteiger partial charge on any atom is 0.317 e. The van der Waals surface area contributed by atoms with Gasteiger partial charge < -0.3 is 24.5 Å². The second-order valence-corrected chi connectivity index (χ2v) is 7.69. The van der Waals surface area contributed by atoms with Gasteiger partial charge in [-0.25, -0.2) is 4.79 Å². The van der Waals surface area contributed by atoms with E-state index in [2.05, 4.69) is 34.6 Å². The van der Waals surface area contributed by atoms with E-state index in [1.165, 1.54) is 5.69 Å². The number of carbonyl (C=O) groups is 2. The summed E-state index contributed by atoms with van der Waals surface area (Å²) in [5.41, 5.74) is 2.79. The minimum atomic E-state index is -0.0600. The van der Waals surface area contributed by atoms with Crippen molar-refractivity contribution in [3.8, 4) is 0 Å². The minimum absolute atomic E-state index is 0.0495. The van der Waals surface area contributed by atoms with Crippen LogP contribution < -0.4 is 10.2 Å². The summed E-state index contributed by atoms with van der Waals surface area (Å²) in [6.07, 6.45) is 1.16. The number of anilines is 1. The molecule has 0 aliphatic carbocycles. The van der Waals surface area contributed by atoms with E-state index in [0.717, 1.165) is 24.2 Å². The largest absolute Gasteiger partial charge is 0.375 e. The van der Waals surface area contributed by atoms with Crippen molar-refractivity contribution >= 4 is 17.6 Å². The van der Waals surface area contributed by atoms with Crippen LogP contribution in [0, 0.1) is 13.8 Å². The second kappa shape index (κ2) is 10.1.